The molecule has 15 heteroatoms. The monoisotopic (exact) mass is 537 g/mol. The summed E-state index contributed by atoms with van der Waals surface area (Å²) in [5.41, 5.74) is 0.197. The number of aliphatic carboxylic acids is 2. The lowest BCUT2D eigenvalue weighted by Crippen LogP contribution is -2.39. The van der Waals surface area contributed by atoms with Gasteiger partial charge in [0.15, 0.2) is 0 Å². The maximum absolute atomic E-state index is 12.0. The smallest absolute Gasteiger partial charge is 0.414 e. The van der Waals surface area contributed by atoms with E-state index in [0.717, 1.165) is 16.6 Å². The third-order valence-corrected chi connectivity index (χ3v) is 5.19. The number of ether oxygens (including phenoxy) is 1. The van der Waals surface area contributed by atoms with Crippen LogP contribution in [0.25, 0.3) is 0 Å². The molecular formula is C23H31N5O10. The number of aryl methyl sites for hydroxylation is 1. The van der Waals surface area contributed by atoms with E-state index in [-0.39, 0.29) is 18.2 Å². The van der Waals surface area contributed by atoms with E-state index in [4.69, 9.17) is 24.5 Å². The summed E-state index contributed by atoms with van der Waals surface area (Å²) >= 11 is 0. The van der Waals surface area contributed by atoms with Crippen molar-refractivity contribution >= 4 is 29.4 Å². The zero-order valence-electron chi connectivity index (χ0n) is 21.3. The van der Waals surface area contributed by atoms with E-state index < -0.39 is 28.1 Å². The van der Waals surface area contributed by atoms with Gasteiger partial charge in [-0.05, 0) is 31.9 Å². The number of anilines is 1. The topological polar surface area (TPSA) is 203 Å². The summed E-state index contributed by atoms with van der Waals surface area (Å²) in [6, 6.07) is 7.76. The van der Waals surface area contributed by atoms with Gasteiger partial charge in [-0.2, -0.15) is 0 Å². The number of hydrogen-bond donors (Lipinski definition) is 3. The van der Waals surface area contributed by atoms with Gasteiger partial charge in [-0.15, -0.1) is 0 Å². The van der Waals surface area contributed by atoms with Crippen molar-refractivity contribution in [2.75, 3.05) is 38.1 Å². The van der Waals surface area contributed by atoms with Crippen molar-refractivity contribution in [3.8, 4) is 0 Å². The van der Waals surface area contributed by atoms with Crippen LogP contribution in [-0.2, 0) is 39.6 Å². The molecule has 0 unspecified atom stereocenters. The Morgan fingerprint density at radius 1 is 1.05 bits per heavy atom. The number of nitrogens with zero attached hydrogens (tertiary/aromatic N) is 4. The average Bonchev–Trinajstić information content (AvgIpc) is 2.86. The molecule has 0 bridgehead atoms. The molecule has 1 heterocycles. The Kier molecular flexibility index (Phi) is 12.9. The van der Waals surface area contributed by atoms with Gasteiger partial charge in [0.05, 0.1) is 18.1 Å². The van der Waals surface area contributed by atoms with Crippen molar-refractivity contribution in [3.05, 3.63) is 66.8 Å². The molecule has 0 spiro atoms. The van der Waals surface area contributed by atoms with Gasteiger partial charge in [0.25, 0.3) is 11.2 Å². The van der Waals surface area contributed by atoms with Crippen molar-refractivity contribution in [2.45, 2.75) is 19.8 Å². The second-order valence-electron chi connectivity index (χ2n) is 7.91. The second-order valence-corrected chi connectivity index (χ2v) is 7.91. The predicted octanol–water partition coefficient (Wildman–Crippen LogP) is 0.0576. The minimum absolute atomic E-state index is 0.0499. The van der Waals surface area contributed by atoms with Gasteiger partial charge < -0.3 is 20.3 Å². The minimum Gasteiger partial charge on any atom is -0.473 e. The van der Waals surface area contributed by atoms with Crippen LogP contribution in [0, 0.1) is 10.1 Å². The number of aromatic nitrogens is 2. The van der Waals surface area contributed by atoms with Crippen LogP contribution in [0.2, 0.25) is 0 Å². The van der Waals surface area contributed by atoms with Crippen molar-refractivity contribution in [3.63, 3.8) is 0 Å². The maximum Gasteiger partial charge on any atom is 0.414 e. The Balaban J connectivity index is 0.00000107. The average molecular weight is 538 g/mol. The largest absolute Gasteiger partial charge is 0.473 e. The molecule has 0 radical (unpaired) electrons. The van der Waals surface area contributed by atoms with Gasteiger partial charge in [0.2, 0.25) is 0 Å². The Morgan fingerprint density at radius 2 is 1.66 bits per heavy atom. The maximum atomic E-state index is 12.0. The number of carbonyl (C=O) groups excluding carboxylic acids is 1. The third kappa shape index (κ3) is 10.6. The van der Waals surface area contributed by atoms with Crippen molar-refractivity contribution in [1.29, 1.82) is 0 Å². The van der Waals surface area contributed by atoms with Crippen LogP contribution in [-0.4, -0.2) is 79.9 Å². The minimum atomic E-state index is -1.82. The van der Waals surface area contributed by atoms with Crippen molar-refractivity contribution in [2.24, 2.45) is 14.1 Å². The van der Waals surface area contributed by atoms with Gasteiger partial charge in [-0.1, -0.05) is 12.1 Å². The standard InChI is InChI=1S/C21H29N5O6.C2H2O4/c1-4-32-20(28)15-25(12-5-6-16-7-9-17(10-8-16)26(30)31)13-11-22-18-14-19(27)24(3)21(29)23(18)2;3-1(4)2(5)6/h7-10,14,22H,4-6,11-13,15H2,1-3H3;(H,3,4)(H,5,6). The molecule has 3 N–H and O–H groups in total. The third-order valence-electron chi connectivity index (χ3n) is 5.19. The molecule has 38 heavy (non-hydrogen) atoms. The number of non-ortho nitro benzene ring substituents is 1. The molecule has 208 valence electrons. The SMILES string of the molecule is CCOC(=O)CN(CCCc1ccc([N+](=O)[O-])cc1)CCNc1cc(=O)n(C)c(=O)n1C.O=C(O)C(=O)O. The fraction of sp³-hybridized carbons (Fsp3) is 0.435. The lowest BCUT2D eigenvalue weighted by molar-refractivity contribution is -0.384. The number of nitrogens with one attached hydrogen (secondary N) is 1. The highest BCUT2D eigenvalue weighted by molar-refractivity contribution is 6.27. The zero-order valence-corrected chi connectivity index (χ0v) is 21.3. The molecule has 0 aliphatic rings. The van der Waals surface area contributed by atoms with Crippen LogP contribution in [0.4, 0.5) is 11.5 Å². The van der Waals surface area contributed by atoms with E-state index in [1.54, 1.807) is 26.1 Å². The summed E-state index contributed by atoms with van der Waals surface area (Å²) in [6.45, 7) is 3.66. The fourth-order valence-corrected chi connectivity index (χ4v) is 3.19. The number of carboxylic acids is 2. The summed E-state index contributed by atoms with van der Waals surface area (Å²) in [6.07, 6.45) is 1.44. The quantitative estimate of drug-likeness (QED) is 0.142. The first-order chi connectivity index (χ1) is 17.9. The molecule has 1 aromatic heterocycles. The molecule has 0 saturated carbocycles. The summed E-state index contributed by atoms with van der Waals surface area (Å²) in [7, 11) is 2.99. The number of nitro benzene ring substituents is 1. The highest BCUT2D eigenvalue weighted by Gasteiger charge is 2.13. The highest BCUT2D eigenvalue weighted by Crippen LogP contribution is 2.13. The van der Waals surface area contributed by atoms with Gasteiger partial charge in [-0.25, -0.2) is 14.4 Å². The van der Waals surface area contributed by atoms with Crippen LogP contribution in [0.5, 0.6) is 0 Å². The Labute approximate surface area is 217 Å². The fourth-order valence-electron chi connectivity index (χ4n) is 3.19. The zero-order chi connectivity index (χ0) is 28.8. The van der Waals surface area contributed by atoms with E-state index in [2.05, 4.69) is 5.32 Å². The summed E-state index contributed by atoms with van der Waals surface area (Å²) < 4.78 is 7.42. The molecular weight excluding hydrogens is 506 g/mol. The summed E-state index contributed by atoms with van der Waals surface area (Å²) in [4.78, 5) is 66.3. The Bertz CT molecular complexity index is 1220. The first kappa shape index (κ1) is 31.5. The van der Waals surface area contributed by atoms with Crippen LogP contribution >= 0.6 is 0 Å². The van der Waals surface area contributed by atoms with Crippen LogP contribution in [0.15, 0.2) is 39.9 Å². The number of esters is 1. The molecule has 0 aliphatic carbocycles. The van der Waals surface area contributed by atoms with Crippen LogP contribution in [0.1, 0.15) is 18.9 Å². The normalized spacial score (nSPS) is 10.3. The second kappa shape index (κ2) is 15.6. The lowest BCUT2D eigenvalue weighted by atomic mass is 10.1. The first-order valence-corrected chi connectivity index (χ1v) is 11.5. The summed E-state index contributed by atoms with van der Waals surface area (Å²) in [5, 5.41) is 28.6. The molecule has 0 aliphatic heterocycles. The number of carbonyl (C=O) groups is 3. The number of rotatable bonds is 12. The molecule has 1 aromatic carbocycles. The molecule has 15 nitrogen and oxygen atoms in total. The van der Waals surface area contributed by atoms with E-state index in [1.165, 1.54) is 29.8 Å². The van der Waals surface area contributed by atoms with Gasteiger partial charge in [0, 0.05) is 45.4 Å². The molecule has 0 saturated heterocycles. The lowest BCUT2D eigenvalue weighted by Gasteiger charge is -2.22. The van der Waals surface area contributed by atoms with Gasteiger partial charge in [0.1, 0.15) is 5.82 Å². The summed E-state index contributed by atoms with van der Waals surface area (Å²) in [5.74, 6) is -3.58. The number of hydrogen-bond acceptors (Lipinski definition) is 10. The van der Waals surface area contributed by atoms with Gasteiger partial charge in [-0.3, -0.25) is 33.7 Å². The molecule has 2 aromatic rings. The van der Waals surface area contributed by atoms with E-state index in [1.807, 2.05) is 4.90 Å². The number of carboxylic acid groups (broad SMARTS) is 2. The van der Waals surface area contributed by atoms with Crippen molar-refractivity contribution < 1.29 is 34.3 Å². The molecule has 0 atom stereocenters. The molecule has 0 fully saturated rings. The van der Waals surface area contributed by atoms with E-state index >= 15 is 0 Å². The first-order valence-electron chi connectivity index (χ1n) is 11.5. The highest BCUT2D eigenvalue weighted by atomic mass is 16.6. The van der Waals surface area contributed by atoms with Crippen LogP contribution in [0.3, 0.4) is 0 Å². The molecule has 0 amide bonds. The number of benzene rings is 1. The van der Waals surface area contributed by atoms with Gasteiger partial charge >= 0.3 is 23.6 Å². The Morgan fingerprint density at radius 3 is 2.18 bits per heavy atom. The van der Waals surface area contributed by atoms with Crippen molar-refractivity contribution in [1.82, 2.24) is 14.0 Å². The van der Waals surface area contributed by atoms with Crippen LogP contribution < -0.4 is 16.6 Å². The van der Waals surface area contributed by atoms with E-state index in [9.17, 15) is 24.5 Å². The predicted molar refractivity (Wildman–Crippen MR) is 135 cm³/mol. The molecule has 2 rings (SSSR count). The Hall–Kier alpha value is -4.53. The number of nitro groups is 1. The van der Waals surface area contributed by atoms with E-state index in [0.29, 0.717) is 38.5 Å².